The molecule has 0 bridgehead atoms. The molecule has 3 nitrogen and oxygen atoms in total. The highest BCUT2D eigenvalue weighted by Crippen LogP contribution is 2.37. The van der Waals surface area contributed by atoms with E-state index in [9.17, 15) is 9.18 Å². The van der Waals surface area contributed by atoms with Gasteiger partial charge < -0.3 is 10.3 Å². The number of benzene rings is 1. The number of hydrogen-bond donors (Lipinski definition) is 2. The largest absolute Gasteiger partial charge is 0.315 e. The molecule has 0 amide bonds. The first-order valence-electron chi connectivity index (χ1n) is 6.37. The molecule has 3 rings (SSSR count). The Morgan fingerprint density at radius 1 is 1.37 bits per heavy atom. The van der Waals surface area contributed by atoms with Crippen molar-refractivity contribution in [1.82, 2.24) is 10.3 Å². The molecular weight excluding hydrogens is 263 g/mol. The summed E-state index contributed by atoms with van der Waals surface area (Å²) < 4.78 is 13.6. The molecule has 0 atom stereocenters. The maximum Gasteiger partial charge on any atom is 0.304 e. The lowest BCUT2D eigenvalue weighted by Crippen LogP contribution is -2.40. The van der Waals surface area contributed by atoms with Crippen LogP contribution in [0.2, 0.25) is 0 Å². The van der Waals surface area contributed by atoms with E-state index < -0.39 is 0 Å². The summed E-state index contributed by atoms with van der Waals surface area (Å²) >= 11 is 1.18. The van der Waals surface area contributed by atoms with Crippen molar-refractivity contribution in [2.45, 2.75) is 31.3 Å². The summed E-state index contributed by atoms with van der Waals surface area (Å²) in [5.41, 5.74) is 1.74. The predicted molar refractivity (Wildman–Crippen MR) is 73.9 cm³/mol. The summed E-state index contributed by atoms with van der Waals surface area (Å²) in [6, 6.07) is 7.40. The van der Waals surface area contributed by atoms with Crippen LogP contribution in [-0.4, -0.2) is 11.0 Å². The Kier molecular flexibility index (Phi) is 3.48. The number of aromatic amines is 1. The van der Waals surface area contributed by atoms with E-state index in [-0.39, 0.29) is 10.7 Å². The summed E-state index contributed by atoms with van der Waals surface area (Å²) in [4.78, 5) is 13.7. The van der Waals surface area contributed by atoms with E-state index >= 15 is 0 Å². The third-order valence-electron chi connectivity index (χ3n) is 3.64. The van der Waals surface area contributed by atoms with E-state index in [1.807, 2.05) is 17.5 Å². The molecule has 100 valence electrons. The third-order valence-corrected chi connectivity index (χ3v) is 4.35. The minimum Gasteiger partial charge on any atom is -0.315 e. The normalized spacial score (nSPS) is 22.2. The van der Waals surface area contributed by atoms with Crippen LogP contribution in [0, 0.1) is 5.82 Å². The van der Waals surface area contributed by atoms with Crippen LogP contribution in [0.4, 0.5) is 4.39 Å². The molecule has 1 heterocycles. The zero-order valence-electron chi connectivity index (χ0n) is 10.4. The van der Waals surface area contributed by atoms with E-state index in [1.54, 1.807) is 6.07 Å². The topological polar surface area (TPSA) is 44.9 Å². The number of nitrogens with one attached hydrogen (secondary N) is 2. The van der Waals surface area contributed by atoms with Crippen LogP contribution < -0.4 is 10.2 Å². The highest BCUT2D eigenvalue weighted by Gasteiger charge is 2.31. The Hall–Kier alpha value is -1.46. The Bertz CT molecular complexity index is 616. The van der Waals surface area contributed by atoms with E-state index in [0.717, 1.165) is 24.1 Å². The molecule has 0 saturated heterocycles. The molecule has 1 fully saturated rings. The van der Waals surface area contributed by atoms with E-state index in [2.05, 4.69) is 10.3 Å². The van der Waals surface area contributed by atoms with Gasteiger partial charge in [-0.3, -0.25) is 4.79 Å². The smallest absolute Gasteiger partial charge is 0.304 e. The summed E-state index contributed by atoms with van der Waals surface area (Å²) in [5.74, 6) is 0.216. The van der Waals surface area contributed by atoms with Gasteiger partial charge >= 0.3 is 4.87 Å². The Labute approximate surface area is 114 Å². The van der Waals surface area contributed by atoms with E-state index in [1.165, 1.54) is 17.4 Å². The fourth-order valence-electron chi connectivity index (χ4n) is 2.50. The first-order valence-corrected chi connectivity index (χ1v) is 7.25. The van der Waals surface area contributed by atoms with Crippen molar-refractivity contribution in [3.05, 3.63) is 56.4 Å². The first kappa shape index (κ1) is 12.6. The quantitative estimate of drug-likeness (QED) is 0.903. The van der Waals surface area contributed by atoms with Crippen LogP contribution in [0.15, 0.2) is 34.4 Å². The van der Waals surface area contributed by atoms with Crippen LogP contribution in [0.1, 0.15) is 30.0 Å². The zero-order chi connectivity index (χ0) is 13.2. The molecule has 0 radical (unpaired) electrons. The third kappa shape index (κ3) is 2.77. The summed E-state index contributed by atoms with van der Waals surface area (Å²) in [5, 5.41) is 5.22. The van der Waals surface area contributed by atoms with Crippen LogP contribution in [0.3, 0.4) is 0 Å². The van der Waals surface area contributed by atoms with Crippen molar-refractivity contribution in [2.24, 2.45) is 0 Å². The van der Waals surface area contributed by atoms with Gasteiger partial charge in [-0.25, -0.2) is 4.39 Å². The van der Waals surface area contributed by atoms with Crippen molar-refractivity contribution in [1.29, 1.82) is 0 Å². The Morgan fingerprint density at radius 2 is 2.16 bits per heavy atom. The standard InChI is InChI=1S/C14H15FN2OS/c15-13-4-2-1-3-12(13)9-5-10(6-9)16-7-11-8-19-14(18)17-11/h1-4,8-10,16H,5-7H2,(H,17,18). The zero-order valence-corrected chi connectivity index (χ0v) is 11.2. The SMILES string of the molecule is O=c1[nH]c(CNC2CC(c3ccccc3F)C2)cs1. The first-order chi connectivity index (χ1) is 9.22. The molecular formula is C14H15FN2OS. The second kappa shape index (κ2) is 5.27. The maximum absolute atomic E-state index is 13.6. The highest BCUT2D eigenvalue weighted by atomic mass is 32.1. The fourth-order valence-corrected chi connectivity index (χ4v) is 3.08. The van der Waals surface area contributed by atoms with Gasteiger partial charge in [-0.1, -0.05) is 29.5 Å². The number of rotatable bonds is 4. The summed E-state index contributed by atoms with van der Waals surface area (Å²) in [6.45, 7) is 0.674. The van der Waals surface area contributed by atoms with Crippen molar-refractivity contribution in [3.63, 3.8) is 0 Å². The Morgan fingerprint density at radius 3 is 2.84 bits per heavy atom. The van der Waals surface area contributed by atoms with Gasteiger partial charge in [0, 0.05) is 23.7 Å². The van der Waals surface area contributed by atoms with Gasteiger partial charge in [0.1, 0.15) is 5.82 Å². The lowest BCUT2D eigenvalue weighted by molar-refractivity contribution is 0.283. The maximum atomic E-state index is 13.6. The van der Waals surface area contributed by atoms with E-state index in [4.69, 9.17) is 0 Å². The van der Waals surface area contributed by atoms with E-state index in [0.29, 0.717) is 18.5 Å². The van der Waals surface area contributed by atoms with Gasteiger partial charge in [-0.2, -0.15) is 0 Å². The number of aromatic nitrogens is 1. The number of hydrogen-bond acceptors (Lipinski definition) is 3. The molecule has 0 unspecified atom stereocenters. The van der Waals surface area contributed by atoms with Gasteiger partial charge in [0.05, 0.1) is 0 Å². The van der Waals surface area contributed by atoms with Gasteiger partial charge in [0.15, 0.2) is 0 Å². The molecule has 0 spiro atoms. The molecule has 2 N–H and O–H groups in total. The predicted octanol–water partition coefficient (Wildman–Crippen LogP) is 2.61. The minimum absolute atomic E-state index is 0.0188. The average Bonchev–Trinajstić information content (AvgIpc) is 2.75. The number of halogens is 1. The van der Waals surface area contributed by atoms with Crippen molar-refractivity contribution >= 4 is 11.3 Å². The second-order valence-electron chi connectivity index (χ2n) is 4.94. The minimum atomic E-state index is -0.104. The molecule has 5 heteroatoms. The van der Waals surface area contributed by atoms with Crippen molar-refractivity contribution in [2.75, 3.05) is 0 Å². The Balaban J connectivity index is 1.51. The highest BCUT2D eigenvalue weighted by molar-refractivity contribution is 7.07. The number of H-pyrrole nitrogens is 1. The number of thiazole rings is 1. The van der Waals surface area contributed by atoms with Crippen LogP contribution >= 0.6 is 11.3 Å². The van der Waals surface area contributed by atoms with Crippen LogP contribution in [0.5, 0.6) is 0 Å². The lowest BCUT2D eigenvalue weighted by atomic mass is 9.75. The van der Waals surface area contributed by atoms with Crippen LogP contribution in [-0.2, 0) is 6.54 Å². The van der Waals surface area contributed by atoms with Crippen molar-refractivity contribution in [3.8, 4) is 0 Å². The molecule has 1 aromatic carbocycles. The van der Waals surface area contributed by atoms with Gasteiger partial charge in [-0.05, 0) is 30.4 Å². The molecule has 1 saturated carbocycles. The monoisotopic (exact) mass is 278 g/mol. The fraction of sp³-hybridized carbons (Fsp3) is 0.357. The van der Waals surface area contributed by atoms with Gasteiger partial charge in [0.2, 0.25) is 0 Å². The molecule has 1 aliphatic rings. The molecule has 19 heavy (non-hydrogen) atoms. The lowest BCUT2D eigenvalue weighted by Gasteiger charge is -2.36. The summed E-state index contributed by atoms with van der Waals surface area (Å²) in [7, 11) is 0. The van der Waals surface area contributed by atoms with Crippen LogP contribution in [0.25, 0.3) is 0 Å². The molecule has 1 aromatic heterocycles. The summed E-state index contributed by atoms with van der Waals surface area (Å²) in [6.07, 6.45) is 1.91. The van der Waals surface area contributed by atoms with Gasteiger partial charge in [-0.15, -0.1) is 0 Å². The van der Waals surface area contributed by atoms with Crippen molar-refractivity contribution < 1.29 is 4.39 Å². The second-order valence-corrected chi connectivity index (χ2v) is 5.78. The average molecular weight is 278 g/mol. The molecule has 0 aliphatic heterocycles. The molecule has 2 aromatic rings. The van der Waals surface area contributed by atoms with Gasteiger partial charge in [0.25, 0.3) is 0 Å². The molecule has 1 aliphatic carbocycles.